The Morgan fingerprint density at radius 2 is 1.90 bits per heavy atom. The molecule has 3 amide bonds. The molecule has 4 aromatic rings. The predicted molar refractivity (Wildman–Crippen MR) is 146 cm³/mol. The number of nitrogens with zero attached hydrogens (tertiary/aromatic N) is 3. The van der Waals surface area contributed by atoms with Crippen LogP contribution >= 0.6 is 11.6 Å². The van der Waals surface area contributed by atoms with Gasteiger partial charge >= 0.3 is 0 Å². The molecule has 5 heterocycles. The molecule has 1 aliphatic heterocycles. The maximum Gasteiger partial charge on any atom is 0.294 e. The van der Waals surface area contributed by atoms with Crippen molar-refractivity contribution in [2.24, 2.45) is 5.92 Å². The summed E-state index contributed by atoms with van der Waals surface area (Å²) in [4.78, 5) is 49.6. The van der Waals surface area contributed by atoms with Crippen LogP contribution in [0.3, 0.4) is 0 Å². The van der Waals surface area contributed by atoms with Crippen molar-refractivity contribution in [2.45, 2.75) is 31.7 Å². The number of furan rings is 2. The molecule has 0 unspecified atom stereocenters. The van der Waals surface area contributed by atoms with E-state index < -0.39 is 5.91 Å². The van der Waals surface area contributed by atoms with E-state index in [1.165, 1.54) is 12.5 Å². The van der Waals surface area contributed by atoms with E-state index in [0.717, 1.165) is 0 Å². The van der Waals surface area contributed by atoms with Gasteiger partial charge < -0.3 is 29.1 Å². The summed E-state index contributed by atoms with van der Waals surface area (Å²) in [6, 6.07) is 10.2. The number of hydrogen-bond acceptors (Lipinski definition) is 8. The topological polar surface area (TPSA) is 140 Å². The number of amides is 3. The number of halogens is 1. The van der Waals surface area contributed by atoms with Gasteiger partial charge in [0.15, 0.2) is 11.3 Å². The molecule has 2 fully saturated rings. The van der Waals surface area contributed by atoms with E-state index in [0.29, 0.717) is 66.4 Å². The van der Waals surface area contributed by atoms with Gasteiger partial charge in [-0.25, -0.2) is 9.97 Å². The average molecular weight is 564 g/mol. The molecule has 0 atom stereocenters. The molecule has 2 aliphatic rings. The molecule has 40 heavy (non-hydrogen) atoms. The second-order valence-corrected chi connectivity index (χ2v) is 10.2. The van der Waals surface area contributed by atoms with Crippen molar-refractivity contribution < 1.29 is 28.0 Å². The number of fused-ring (bicyclic) bond motifs is 1. The second kappa shape index (κ2) is 11.1. The number of ether oxygens (including phenoxy) is 1. The van der Waals surface area contributed by atoms with Crippen LogP contribution in [0.4, 0.5) is 11.5 Å². The van der Waals surface area contributed by atoms with Crippen LogP contribution < -0.4 is 10.6 Å². The quantitative estimate of drug-likeness (QED) is 0.343. The predicted octanol–water partition coefficient (Wildman–Crippen LogP) is 4.74. The Bertz CT molecular complexity index is 1540. The molecule has 206 valence electrons. The molecule has 0 spiro atoms. The zero-order chi connectivity index (χ0) is 27.6. The number of rotatable bonds is 6. The van der Waals surface area contributed by atoms with Crippen LogP contribution in [-0.2, 0) is 14.3 Å². The number of anilines is 2. The number of carbonyl (C=O) groups excluding carboxylic acids is 3. The van der Waals surface area contributed by atoms with Crippen LogP contribution in [0.2, 0.25) is 5.02 Å². The van der Waals surface area contributed by atoms with Crippen molar-refractivity contribution in [3.63, 3.8) is 0 Å². The van der Waals surface area contributed by atoms with Crippen LogP contribution in [-0.4, -0.2) is 58.4 Å². The maximum atomic E-state index is 13.5. The van der Waals surface area contributed by atoms with E-state index >= 15 is 0 Å². The van der Waals surface area contributed by atoms with Gasteiger partial charge in [-0.2, -0.15) is 0 Å². The van der Waals surface area contributed by atoms with Crippen LogP contribution in [0.5, 0.6) is 0 Å². The minimum atomic E-state index is -0.600. The minimum absolute atomic E-state index is 0.00622. The Balaban J connectivity index is 1.25. The summed E-state index contributed by atoms with van der Waals surface area (Å²) in [6.45, 7) is 1.21. The van der Waals surface area contributed by atoms with E-state index in [1.54, 1.807) is 36.4 Å². The number of morpholine rings is 1. The third kappa shape index (κ3) is 5.30. The third-order valence-electron chi connectivity index (χ3n) is 7.26. The fourth-order valence-corrected chi connectivity index (χ4v) is 5.34. The zero-order valence-electron chi connectivity index (χ0n) is 21.4. The fourth-order valence-electron chi connectivity index (χ4n) is 5.23. The van der Waals surface area contributed by atoms with Crippen molar-refractivity contribution in [3.05, 3.63) is 59.6 Å². The smallest absolute Gasteiger partial charge is 0.294 e. The zero-order valence-corrected chi connectivity index (χ0v) is 22.1. The highest BCUT2D eigenvalue weighted by Gasteiger charge is 2.34. The van der Waals surface area contributed by atoms with Gasteiger partial charge in [0, 0.05) is 24.7 Å². The largest absolute Gasteiger partial charge is 0.463 e. The molecule has 0 bridgehead atoms. The lowest BCUT2D eigenvalue weighted by Crippen LogP contribution is -2.49. The molecule has 4 aromatic heterocycles. The van der Waals surface area contributed by atoms with Crippen LogP contribution in [0.25, 0.3) is 22.6 Å². The molecule has 2 N–H and O–H groups in total. The highest BCUT2D eigenvalue weighted by molar-refractivity contribution is 6.30. The second-order valence-electron chi connectivity index (χ2n) is 9.78. The highest BCUT2D eigenvalue weighted by atomic mass is 35.5. The number of aromatic nitrogens is 2. The lowest BCUT2D eigenvalue weighted by Gasteiger charge is -2.38. The van der Waals surface area contributed by atoms with Crippen LogP contribution in [0.1, 0.15) is 36.2 Å². The molecule has 0 aromatic carbocycles. The summed E-state index contributed by atoms with van der Waals surface area (Å²) in [5, 5.41) is 6.03. The first kappa shape index (κ1) is 26.0. The van der Waals surface area contributed by atoms with Gasteiger partial charge in [0.25, 0.3) is 5.91 Å². The minimum Gasteiger partial charge on any atom is -0.463 e. The summed E-state index contributed by atoms with van der Waals surface area (Å²) >= 11 is 5.91. The Morgan fingerprint density at radius 1 is 1.05 bits per heavy atom. The van der Waals surface area contributed by atoms with Gasteiger partial charge in [-0.15, -0.1) is 0 Å². The normalized spacial score (nSPS) is 19.5. The molecular weight excluding hydrogens is 538 g/mol. The van der Waals surface area contributed by atoms with Gasteiger partial charge in [0.05, 0.1) is 17.9 Å². The van der Waals surface area contributed by atoms with Crippen LogP contribution in [0, 0.1) is 5.92 Å². The third-order valence-corrected chi connectivity index (χ3v) is 7.49. The molecular formula is C28H26ClN5O6. The van der Waals surface area contributed by atoms with E-state index in [4.69, 9.17) is 25.2 Å². The average Bonchev–Trinajstić information content (AvgIpc) is 3.63. The van der Waals surface area contributed by atoms with Crippen molar-refractivity contribution in [1.82, 2.24) is 14.9 Å². The monoisotopic (exact) mass is 563 g/mol. The molecule has 0 radical (unpaired) electrons. The molecule has 1 saturated heterocycles. The molecule has 1 aliphatic carbocycles. The van der Waals surface area contributed by atoms with Crippen molar-refractivity contribution in [3.8, 4) is 11.5 Å². The Morgan fingerprint density at radius 3 is 2.62 bits per heavy atom. The first-order chi connectivity index (χ1) is 19.5. The Labute approximate surface area is 233 Å². The van der Waals surface area contributed by atoms with Gasteiger partial charge in [-0.3, -0.25) is 14.4 Å². The first-order valence-corrected chi connectivity index (χ1v) is 13.4. The molecule has 1 saturated carbocycles. The van der Waals surface area contributed by atoms with Gasteiger partial charge in [-0.1, -0.05) is 11.6 Å². The number of pyridine rings is 2. The van der Waals surface area contributed by atoms with Crippen molar-refractivity contribution in [2.75, 3.05) is 30.4 Å². The summed E-state index contributed by atoms with van der Waals surface area (Å²) in [5.41, 5.74) is 1.35. The molecule has 12 heteroatoms. The van der Waals surface area contributed by atoms with E-state index in [2.05, 4.69) is 20.6 Å². The summed E-state index contributed by atoms with van der Waals surface area (Å²) < 4.78 is 16.6. The summed E-state index contributed by atoms with van der Waals surface area (Å²) in [5.74, 6) is -0.430. The van der Waals surface area contributed by atoms with E-state index in [-0.39, 0.29) is 47.6 Å². The van der Waals surface area contributed by atoms with Gasteiger partial charge in [0.2, 0.25) is 17.6 Å². The van der Waals surface area contributed by atoms with Gasteiger partial charge in [-0.05, 0) is 62.1 Å². The Kier molecular flexibility index (Phi) is 7.23. The summed E-state index contributed by atoms with van der Waals surface area (Å²) in [6.07, 6.45) is 5.60. The van der Waals surface area contributed by atoms with Gasteiger partial charge in [0.1, 0.15) is 29.3 Å². The van der Waals surface area contributed by atoms with E-state index in [1.807, 2.05) is 4.90 Å². The SMILES string of the molecule is O=C(Nc1ccc(Cl)cn1)c1oc2ccc(-c3ccco3)nc2c1NC(=O)C1CCC(N2CCOCC2=O)CC1. The number of carbonyl (C=O) groups is 3. The van der Waals surface area contributed by atoms with Crippen molar-refractivity contribution in [1.29, 1.82) is 0 Å². The van der Waals surface area contributed by atoms with Crippen molar-refractivity contribution >= 4 is 51.9 Å². The lowest BCUT2D eigenvalue weighted by molar-refractivity contribution is -0.146. The molecule has 11 nitrogen and oxygen atoms in total. The fraction of sp³-hybridized carbons (Fsp3) is 0.321. The van der Waals surface area contributed by atoms with E-state index in [9.17, 15) is 14.4 Å². The summed E-state index contributed by atoms with van der Waals surface area (Å²) in [7, 11) is 0. The lowest BCUT2D eigenvalue weighted by atomic mass is 9.84. The number of nitrogens with one attached hydrogen (secondary N) is 2. The van der Waals surface area contributed by atoms with Crippen LogP contribution in [0.15, 0.2) is 57.7 Å². The number of hydrogen-bond donors (Lipinski definition) is 2. The highest BCUT2D eigenvalue weighted by Crippen LogP contribution is 2.35. The maximum absolute atomic E-state index is 13.5. The standard InChI is InChI=1S/C28H26ClN5O6/c29-17-5-10-22(30-14-17)32-28(37)26-25(24-21(40-26)9-8-19(31-24)20-2-1-12-39-20)33-27(36)16-3-6-18(7-4-16)34-11-13-38-15-23(34)35/h1-2,5,8-10,12,14,16,18H,3-4,6-7,11,13,15H2,(H,33,36)(H,30,32,37). The first-order valence-electron chi connectivity index (χ1n) is 13.0. The Hall–Kier alpha value is -4.22. The molecule has 6 rings (SSSR count).